The van der Waals surface area contributed by atoms with Crippen LogP contribution in [0.2, 0.25) is 5.02 Å². The summed E-state index contributed by atoms with van der Waals surface area (Å²) in [6.07, 6.45) is 1.55. The summed E-state index contributed by atoms with van der Waals surface area (Å²) in [6, 6.07) is 13.7. The van der Waals surface area contributed by atoms with Crippen LogP contribution in [0.3, 0.4) is 0 Å². The molecule has 0 spiro atoms. The van der Waals surface area contributed by atoms with Crippen molar-refractivity contribution in [3.63, 3.8) is 0 Å². The topological polar surface area (TPSA) is 86.8 Å². The first-order valence-electron chi connectivity index (χ1n) is 10.9. The van der Waals surface area contributed by atoms with Crippen LogP contribution in [0.5, 0.6) is 0 Å². The molecule has 0 saturated heterocycles. The molecule has 0 fully saturated rings. The lowest BCUT2D eigenvalue weighted by atomic mass is 10.1. The van der Waals surface area contributed by atoms with Gasteiger partial charge in [-0.1, -0.05) is 41.9 Å². The monoisotopic (exact) mass is 493 g/mol. The molecule has 33 heavy (non-hydrogen) atoms. The molecule has 0 saturated carbocycles. The van der Waals surface area contributed by atoms with E-state index in [9.17, 15) is 18.0 Å². The van der Waals surface area contributed by atoms with Crippen LogP contribution >= 0.6 is 11.6 Å². The number of likely N-dealkylation sites (N-methyl/N-ethyl adjacent to an activating group) is 1. The zero-order chi connectivity index (χ0) is 24.6. The van der Waals surface area contributed by atoms with E-state index in [4.69, 9.17) is 11.6 Å². The second kappa shape index (κ2) is 12.0. The molecule has 1 N–H and O–H groups in total. The number of aryl methyl sites for hydroxylation is 1. The number of carbonyl (C=O) groups excluding carboxylic acids is 2. The third-order valence-corrected chi connectivity index (χ3v) is 6.82. The van der Waals surface area contributed by atoms with Crippen molar-refractivity contribution in [3.05, 3.63) is 64.7 Å². The van der Waals surface area contributed by atoms with Crippen LogP contribution in [-0.4, -0.2) is 50.5 Å². The maximum Gasteiger partial charge on any atom is 0.242 e. The smallest absolute Gasteiger partial charge is 0.242 e. The number of halogens is 1. The lowest BCUT2D eigenvalue weighted by Gasteiger charge is -2.29. The molecule has 180 valence electrons. The molecule has 0 aromatic heterocycles. The standard InChI is InChI=1S/C24H32ClN3O4S/c1-5-26-24(30)19(3)27(17-20-11-6-7-13-22(20)25)23(29)14-9-15-28(33(4,31)32)21-12-8-10-18(2)16-21/h6-8,10-13,16,19H,5,9,14-15,17H2,1-4H3,(H,26,30). The first-order valence-corrected chi connectivity index (χ1v) is 13.1. The number of nitrogens with one attached hydrogen (secondary N) is 1. The van der Waals surface area contributed by atoms with Crippen molar-refractivity contribution >= 4 is 39.1 Å². The number of nitrogens with zero attached hydrogens (tertiary/aromatic N) is 2. The van der Waals surface area contributed by atoms with Gasteiger partial charge in [-0.25, -0.2) is 8.42 Å². The Morgan fingerprint density at radius 2 is 1.82 bits per heavy atom. The van der Waals surface area contributed by atoms with E-state index in [1.807, 2.05) is 32.0 Å². The van der Waals surface area contributed by atoms with Crippen molar-refractivity contribution in [1.29, 1.82) is 0 Å². The first kappa shape index (κ1) is 26.7. The highest BCUT2D eigenvalue weighted by atomic mass is 35.5. The summed E-state index contributed by atoms with van der Waals surface area (Å²) < 4.78 is 26.0. The van der Waals surface area contributed by atoms with Gasteiger partial charge < -0.3 is 10.2 Å². The number of benzene rings is 2. The van der Waals surface area contributed by atoms with Crippen LogP contribution in [-0.2, 0) is 26.2 Å². The molecule has 0 radical (unpaired) electrons. The molecular formula is C24H32ClN3O4S. The van der Waals surface area contributed by atoms with Gasteiger partial charge in [0.1, 0.15) is 6.04 Å². The molecule has 2 rings (SSSR count). The van der Waals surface area contributed by atoms with Crippen LogP contribution in [0.4, 0.5) is 5.69 Å². The summed E-state index contributed by atoms with van der Waals surface area (Å²) in [4.78, 5) is 27.1. The van der Waals surface area contributed by atoms with Gasteiger partial charge in [-0.15, -0.1) is 0 Å². The second-order valence-electron chi connectivity index (χ2n) is 7.96. The molecule has 0 aliphatic rings. The van der Waals surface area contributed by atoms with Gasteiger partial charge in [0.15, 0.2) is 0 Å². The number of hydrogen-bond donors (Lipinski definition) is 1. The van der Waals surface area contributed by atoms with Crippen LogP contribution in [0.1, 0.15) is 37.8 Å². The van der Waals surface area contributed by atoms with E-state index in [1.165, 1.54) is 9.21 Å². The van der Waals surface area contributed by atoms with Crippen molar-refractivity contribution in [3.8, 4) is 0 Å². The third kappa shape index (κ3) is 7.75. The highest BCUT2D eigenvalue weighted by Gasteiger charge is 2.26. The van der Waals surface area contributed by atoms with E-state index in [1.54, 1.807) is 37.3 Å². The lowest BCUT2D eigenvalue weighted by molar-refractivity contribution is -0.140. The first-order chi connectivity index (χ1) is 15.5. The van der Waals surface area contributed by atoms with Crippen molar-refractivity contribution < 1.29 is 18.0 Å². The SMILES string of the molecule is CCNC(=O)C(C)N(Cc1ccccc1Cl)C(=O)CCCN(c1cccc(C)c1)S(C)(=O)=O. The van der Waals surface area contributed by atoms with Crippen LogP contribution in [0.15, 0.2) is 48.5 Å². The van der Waals surface area contributed by atoms with Gasteiger partial charge in [0, 0.05) is 31.1 Å². The fourth-order valence-electron chi connectivity index (χ4n) is 3.50. The normalized spacial score (nSPS) is 12.2. The minimum Gasteiger partial charge on any atom is -0.355 e. The Morgan fingerprint density at radius 1 is 1.12 bits per heavy atom. The summed E-state index contributed by atoms with van der Waals surface area (Å²) in [5.74, 6) is -0.498. The fraction of sp³-hybridized carbons (Fsp3) is 0.417. The Bertz CT molecular complexity index is 1070. The summed E-state index contributed by atoms with van der Waals surface area (Å²) in [5, 5.41) is 3.26. The third-order valence-electron chi connectivity index (χ3n) is 5.26. The van der Waals surface area contributed by atoms with Gasteiger partial charge in [-0.3, -0.25) is 13.9 Å². The van der Waals surface area contributed by atoms with E-state index < -0.39 is 16.1 Å². The molecule has 0 bridgehead atoms. The Balaban J connectivity index is 2.16. The van der Waals surface area contributed by atoms with Gasteiger partial charge in [0.25, 0.3) is 0 Å². The molecule has 1 unspecified atom stereocenters. The maximum absolute atomic E-state index is 13.2. The van der Waals surface area contributed by atoms with Crippen molar-refractivity contribution in [1.82, 2.24) is 10.2 Å². The average molecular weight is 494 g/mol. The minimum absolute atomic E-state index is 0.0893. The predicted octanol–water partition coefficient (Wildman–Crippen LogP) is 3.75. The van der Waals surface area contributed by atoms with E-state index in [0.29, 0.717) is 23.7 Å². The summed E-state index contributed by atoms with van der Waals surface area (Å²) in [6.45, 7) is 6.18. The van der Waals surface area contributed by atoms with Crippen molar-refractivity contribution in [2.75, 3.05) is 23.7 Å². The Morgan fingerprint density at radius 3 is 2.42 bits per heavy atom. The molecule has 2 aromatic carbocycles. The molecule has 2 amide bonds. The Labute approximate surface area is 201 Å². The summed E-state index contributed by atoms with van der Waals surface area (Å²) >= 11 is 6.28. The zero-order valence-corrected chi connectivity index (χ0v) is 21.1. The number of anilines is 1. The number of carbonyl (C=O) groups is 2. The molecule has 9 heteroatoms. The lowest BCUT2D eigenvalue weighted by Crippen LogP contribution is -2.47. The molecule has 0 aliphatic heterocycles. The van der Waals surface area contributed by atoms with Crippen LogP contribution in [0, 0.1) is 6.92 Å². The van der Waals surface area contributed by atoms with E-state index in [2.05, 4.69) is 5.32 Å². The predicted molar refractivity (Wildman–Crippen MR) is 133 cm³/mol. The highest BCUT2D eigenvalue weighted by molar-refractivity contribution is 7.92. The van der Waals surface area contributed by atoms with Gasteiger partial charge in [0.05, 0.1) is 11.9 Å². The van der Waals surface area contributed by atoms with E-state index in [-0.39, 0.29) is 31.3 Å². The number of hydrogen-bond acceptors (Lipinski definition) is 4. The van der Waals surface area contributed by atoms with E-state index in [0.717, 1.165) is 17.4 Å². The average Bonchev–Trinajstić information content (AvgIpc) is 2.74. The molecule has 0 heterocycles. The largest absolute Gasteiger partial charge is 0.355 e. The second-order valence-corrected chi connectivity index (χ2v) is 10.3. The molecular weight excluding hydrogens is 462 g/mol. The fourth-order valence-corrected chi connectivity index (χ4v) is 4.65. The number of sulfonamides is 1. The van der Waals surface area contributed by atoms with Crippen molar-refractivity contribution in [2.24, 2.45) is 0 Å². The zero-order valence-electron chi connectivity index (χ0n) is 19.5. The Hall–Kier alpha value is -2.58. The van der Waals surface area contributed by atoms with Crippen molar-refractivity contribution in [2.45, 2.75) is 46.2 Å². The molecule has 0 aliphatic carbocycles. The molecule has 1 atom stereocenters. The van der Waals surface area contributed by atoms with Gasteiger partial charge in [0.2, 0.25) is 21.8 Å². The van der Waals surface area contributed by atoms with Crippen LogP contribution < -0.4 is 9.62 Å². The minimum atomic E-state index is -3.52. The summed E-state index contributed by atoms with van der Waals surface area (Å²) in [5.41, 5.74) is 2.24. The van der Waals surface area contributed by atoms with E-state index >= 15 is 0 Å². The quantitative estimate of drug-likeness (QED) is 0.516. The van der Waals surface area contributed by atoms with Gasteiger partial charge >= 0.3 is 0 Å². The van der Waals surface area contributed by atoms with Gasteiger partial charge in [-0.05, 0) is 56.5 Å². The summed E-state index contributed by atoms with van der Waals surface area (Å²) in [7, 11) is -3.52. The maximum atomic E-state index is 13.2. The van der Waals surface area contributed by atoms with Crippen LogP contribution in [0.25, 0.3) is 0 Å². The Kier molecular flexibility index (Phi) is 9.73. The number of rotatable bonds is 11. The van der Waals surface area contributed by atoms with Gasteiger partial charge in [-0.2, -0.15) is 0 Å². The number of amides is 2. The highest BCUT2D eigenvalue weighted by Crippen LogP contribution is 2.22. The molecule has 7 nitrogen and oxygen atoms in total. The molecule has 2 aromatic rings.